The molecular formula is C69H57N13O13S6. The second-order valence-corrected chi connectivity index (χ2v) is 29.3. The molecule has 1 fully saturated rings. The maximum Gasteiger partial charge on any atom is 0.335 e. The predicted octanol–water partition coefficient (Wildman–Crippen LogP) is 9.53. The van der Waals surface area contributed by atoms with Gasteiger partial charge in [-0.1, -0.05) is 73.7 Å². The number of aromatic nitrogens is 7. The van der Waals surface area contributed by atoms with Crippen molar-refractivity contribution in [3.63, 3.8) is 0 Å². The van der Waals surface area contributed by atoms with Crippen LogP contribution in [0.5, 0.6) is 5.75 Å². The molecule has 0 unspecified atom stereocenters. The van der Waals surface area contributed by atoms with Gasteiger partial charge in [-0.2, -0.15) is 0 Å². The van der Waals surface area contributed by atoms with Crippen LogP contribution in [-0.4, -0.2) is 136 Å². The quantitative estimate of drug-likeness (QED) is 0.0489. The number of amides is 6. The maximum absolute atomic E-state index is 15.3. The van der Waals surface area contributed by atoms with Gasteiger partial charge in [0.15, 0.2) is 0 Å². The van der Waals surface area contributed by atoms with Crippen LogP contribution in [0.1, 0.15) is 142 Å². The van der Waals surface area contributed by atoms with Crippen molar-refractivity contribution < 1.29 is 63.9 Å². The van der Waals surface area contributed by atoms with Gasteiger partial charge in [0.1, 0.15) is 93.8 Å². The molecule has 0 saturated carbocycles. The number of nitrogens with one attached hydrogen (secondary N) is 3. The first-order valence-electron chi connectivity index (χ1n) is 31.0. The molecule has 512 valence electrons. The number of benzene rings is 4. The summed E-state index contributed by atoms with van der Waals surface area (Å²) in [5.41, 5.74) is 9.59. The Morgan fingerprint density at radius 1 is 0.594 bits per heavy atom. The highest BCUT2D eigenvalue weighted by molar-refractivity contribution is 7.15. The van der Waals surface area contributed by atoms with E-state index in [0.717, 1.165) is 45.3 Å². The van der Waals surface area contributed by atoms with E-state index in [-0.39, 0.29) is 81.4 Å². The molecule has 7 atom stereocenters. The van der Waals surface area contributed by atoms with Crippen molar-refractivity contribution in [2.45, 2.75) is 76.2 Å². The number of hydrogen-bond donors (Lipinski definition) is 9. The van der Waals surface area contributed by atoms with Gasteiger partial charge in [0.2, 0.25) is 11.8 Å². The Hall–Kier alpha value is -10.7. The zero-order chi connectivity index (χ0) is 70.9. The fourth-order valence-electron chi connectivity index (χ4n) is 11.6. The van der Waals surface area contributed by atoms with Gasteiger partial charge >= 0.3 is 11.9 Å². The lowest BCUT2D eigenvalue weighted by molar-refractivity contribution is -0.134. The van der Waals surface area contributed by atoms with Crippen LogP contribution in [0.4, 0.5) is 0 Å². The van der Waals surface area contributed by atoms with Gasteiger partial charge in [0.25, 0.3) is 23.6 Å². The fraction of sp³-hybridized carbons (Fsp3) is 0.203. The normalized spacial score (nSPS) is 18.2. The third-order valence-corrected chi connectivity index (χ3v) is 22.4. The summed E-state index contributed by atoms with van der Waals surface area (Å²) in [5, 5.41) is 71.4. The zero-order valence-electron chi connectivity index (χ0n) is 53.0. The van der Waals surface area contributed by atoms with Crippen molar-refractivity contribution in [1.29, 1.82) is 0 Å². The van der Waals surface area contributed by atoms with Crippen molar-refractivity contribution in [3.05, 3.63) is 218 Å². The average molecular weight is 1470 g/mol. The SMILES string of the molecule is Cc1sc2nc1C(=O)N[C@@H]([C@H](O)c1ccccc1)c1nc(cs1)C(=O)N[C@@H](Cc1ccc(O)cc1)C(=O)N1C[C@H](O)[C@H](C)[C@H]1c1nc(cs1)-c1nc(cs1)-c1nc(-c3nc(C(=O)N(Cc4ccc(C(=O)O)cc4)Cc4ccc(C(=O)O)cc4)cs3)ccc1-c1nc(cs1)C(=O)N[C@H]2CC(N)=O. The van der Waals surface area contributed by atoms with E-state index < -0.39 is 96.1 Å². The van der Waals surface area contributed by atoms with Gasteiger partial charge in [-0.05, 0) is 77.7 Å². The molecule has 0 spiro atoms. The Kier molecular flexibility index (Phi) is 19.9. The molecule has 11 aromatic rings. The van der Waals surface area contributed by atoms with E-state index in [9.17, 15) is 59.1 Å². The second kappa shape index (κ2) is 29.2. The minimum atomic E-state index is -1.44. The van der Waals surface area contributed by atoms with Crippen molar-refractivity contribution in [3.8, 4) is 49.1 Å². The minimum Gasteiger partial charge on any atom is -0.508 e. The standard InChI is InChI=1S/C69H57N13O13S6/c1-32-50(84)26-82-55(32)65-77-48(30-100-65)62-74-45(27-97-62)53-41(20-21-42(71-53)61-78-49(31-98-61)66(90)81(24-35-8-14-38(15-9-35)68(92)93)25-36-10-16-39(17-11-36)69(94)95)60-75-46(28-96-60)57(87)72-43(23-51(70)85)63-80-52(33(2)101-63)59(89)79-54(56(86)37-6-4-3-5-7-37)64-76-47(29-99-64)58(88)73-44(67(82)91)22-34-12-18-40(83)19-13-34/h3-21,27-32,43-44,50,54-56,83-84,86H,22-26H2,1-2H3,(H2,70,85)(H,72,87)(H,73,88)(H,79,89)(H,92,93)(H,94,95)/t32-,43-,44-,50-,54-,55-,56+/m0/s1. The lowest BCUT2D eigenvalue weighted by Gasteiger charge is -2.29. The molecule has 9 heterocycles. The van der Waals surface area contributed by atoms with Crippen LogP contribution in [0.25, 0.3) is 43.4 Å². The van der Waals surface area contributed by atoms with E-state index in [0.29, 0.717) is 69.8 Å². The summed E-state index contributed by atoms with van der Waals surface area (Å²) in [6.07, 6.45) is -2.95. The average Bonchev–Trinajstić information content (AvgIpc) is 1.69. The van der Waals surface area contributed by atoms with Crippen LogP contribution in [0.2, 0.25) is 0 Å². The van der Waals surface area contributed by atoms with Crippen LogP contribution in [-0.2, 0) is 29.1 Å². The molecule has 32 heteroatoms. The summed E-state index contributed by atoms with van der Waals surface area (Å²) in [7, 11) is 0. The van der Waals surface area contributed by atoms with Crippen LogP contribution in [0, 0.1) is 12.8 Å². The first kappa shape index (κ1) is 68.8. The number of phenolic OH excluding ortho intramolecular Hbond substituents is 1. The Bertz CT molecular complexity index is 4940. The fourth-order valence-corrected chi connectivity index (χ4v) is 16.9. The number of carbonyl (C=O) groups excluding carboxylic acids is 6. The summed E-state index contributed by atoms with van der Waals surface area (Å²) in [5.74, 6) is -6.95. The van der Waals surface area contributed by atoms with Crippen LogP contribution in [0.15, 0.2) is 142 Å². The molecule has 10 N–H and O–H groups in total. The molecule has 7 aromatic heterocycles. The summed E-state index contributed by atoms with van der Waals surface area (Å²) in [6, 6.07) is 25.6. The van der Waals surface area contributed by atoms with Gasteiger partial charge in [-0.3, -0.25) is 28.8 Å². The number of carboxylic acid groups (broad SMARTS) is 2. The van der Waals surface area contributed by atoms with E-state index in [2.05, 4.69) is 25.9 Å². The number of pyridine rings is 1. The molecule has 13 rings (SSSR count). The summed E-state index contributed by atoms with van der Waals surface area (Å²) >= 11 is 6.71. The molecule has 0 aliphatic carbocycles. The van der Waals surface area contributed by atoms with E-state index >= 15 is 4.79 Å². The Morgan fingerprint density at radius 2 is 1.17 bits per heavy atom. The number of aliphatic hydroxyl groups excluding tert-OH is 2. The highest BCUT2D eigenvalue weighted by Crippen LogP contribution is 2.43. The van der Waals surface area contributed by atoms with Gasteiger partial charge < -0.3 is 57.0 Å². The molecule has 101 heavy (non-hydrogen) atoms. The minimum absolute atomic E-state index is 0.0224. The Balaban J connectivity index is 0.885. The predicted molar refractivity (Wildman–Crippen MR) is 376 cm³/mol. The van der Waals surface area contributed by atoms with Gasteiger partial charge in [0, 0.05) is 69.3 Å². The number of aromatic carboxylic acids is 2. The number of thiazole rings is 6. The first-order valence-corrected chi connectivity index (χ1v) is 36.2. The lowest BCUT2D eigenvalue weighted by atomic mass is 10.00. The Labute approximate surface area is 597 Å². The topological polar surface area (TPSA) is 397 Å². The van der Waals surface area contributed by atoms with Gasteiger partial charge in [-0.25, -0.2) is 44.5 Å². The third kappa shape index (κ3) is 15.0. The summed E-state index contributed by atoms with van der Waals surface area (Å²) in [6.45, 7) is 3.34. The molecule has 6 amide bonds. The molecule has 2 aliphatic heterocycles. The second-order valence-electron chi connectivity index (χ2n) is 23.7. The number of primary amides is 1. The Morgan fingerprint density at radius 3 is 1.84 bits per heavy atom. The molecule has 4 aromatic carbocycles. The highest BCUT2D eigenvalue weighted by atomic mass is 32.1. The lowest BCUT2D eigenvalue weighted by Crippen LogP contribution is -2.50. The molecule has 0 radical (unpaired) electrons. The van der Waals surface area contributed by atoms with E-state index in [1.807, 2.05) is 0 Å². The van der Waals surface area contributed by atoms with Gasteiger partial charge in [0.05, 0.1) is 41.4 Å². The molecular weight excluding hydrogens is 1410 g/mol. The first-order chi connectivity index (χ1) is 48.6. The van der Waals surface area contributed by atoms with Crippen molar-refractivity contribution in [2.24, 2.45) is 11.7 Å². The molecule has 26 nitrogen and oxygen atoms in total. The molecule has 1 saturated heterocycles. The number of fused-ring (bicyclic) bond motifs is 16. The van der Waals surface area contributed by atoms with E-state index in [4.69, 9.17) is 30.7 Å². The van der Waals surface area contributed by atoms with Crippen LogP contribution in [0.3, 0.4) is 0 Å². The summed E-state index contributed by atoms with van der Waals surface area (Å²) < 4.78 is 0. The number of nitrogens with zero attached hydrogens (tertiary/aromatic N) is 9. The van der Waals surface area contributed by atoms with Crippen LogP contribution >= 0.6 is 68.0 Å². The molecule has 10 bridgehead atoms. The number of phenols is 1. The van der Waals surface area contributed by atoms with Crippen LogP contribution < -0.4 is 21.7 Å². The highest BCUT2D eigenvalue weighted by Gasteiger charge is 2.46. The third-order valence-electron chi connectivity index (χ3n) is 16.9. The zero-order valence-corrected chi connectivity index (χ0v) is 57.9. The monoisotopic (exact) mass is 1470 g/mol. The maximum atomic E-state index is 15.3. The van der Waals surface area contributed by atoms with E-state index in [1.54, 1.807) is 109 Å². The largest absolute Gasteiger partial charge is 0.508 e. The number of hydrogen-bond acceptors (Lipinski definition) is 24. The number of aromatic hydroxyl groups is 1. The van der Waals surface area contributed by atoms with E-state index in [1.165, 1.54) is 79.6 Å². The number of aliphatic hydroxyl groups is 2. The summed E-state index contributed by atoms with van der Waals surface area (Å²) in [4.78, 5) is 147. The number of carboxylic acids is 2. The number of nitrogens with two attached hydrogens (primary N) is 1. The van der Waals surface area contributed by atoms with Gasteiger partial charge in [-0.15, -0.1) is 68.0 Å². The van der Waals surface area contributed by atoms with Crippen molar-refractivity contribution in [1.82, 2.24) is 60.6 Å². The van der Waals surface area contributed by atoms with Crippen molar-refractivity contribution in [2.75, 3.05) is 6.54 Å². The molecule has 2 aliphatic rings. The number of carbonyl (C=O) groups is 8. The smallest absolute Gasteiger partial charge is 0.335 e. The van der Waals surface area contributed by atoms with Crippen molar-refractivity contribution >= 4 is 115 Å². The number of aryl methyl sites for hydroxylation is 1. The number of rotatable bonds is 14.